The van der Waals surface area contributed by atoms with E-state index in [1.165, 1.54) is 23.9 Å². The quantitative estimate of drug-likeness (QED) is 0.825. The second-order valence-electron chi connectivity index (χ2n) is 6.06. The Morgan fingerprint density at radius 2 is 1.45 bits per heavy atom. The summed E-state index contributed by atoms with van der Waals surface area (Å²) in [5, 5.41) is 9.39. The number of likely N-dealkylation sites (N-methyl/N-ethyl adjacent to an activating group) is 1. The van der Waals surface area contributed by atoms with Crippen molar-refractivity contribution in [3.05, 3.63) is 0 Å². The first-order valence-corrected chi connectivity index (χ1v) is 6.33. The summed E-state index contributed by atoms with van der Waals surface area (Å²) in [4.78, 5) is 39.3. The molecular weight excluding hydrogens is 262 g/mol. The molecule has 7 heteroatoms. The second kappa shape index (κ2) is 6.58. The molecule has 3 amide bonds. The first kappa shape index (κ1) is 18.2. The molecule has 1 atom stereocenters. The van der Waals surface area contributed by atoms with Crippen LogP contribution < -0.4 is 0 Å². The highest BCUT2D eigenvalue weighted by Crippen LogP contribution is 2.21. The smallest absolute Gasteiger partial charge is 0.408 e. The lowest BCUT2D eigenvalue weighted by molar-refractivity contribution is -0.141. The van der Waals surface area contributed by atoms with Gasteiger partial charge in [0.1, 0.15) is 6.04 Å². The fourth-order valence-electron chi connectivity index (χ4n) is 1.82. The van der Waals surface area contributed by atoms with E-state index in [0.29, 0.717) is 0 Å². The molecular formula is C13H25N3O4. The Hall–Kier alpha value is -1.79. The van der Waals surface area contributed by atoms with Gasteiger partial charge in [-0.2, -0.15) is 0 Å². The van der Waals surface area contributed by atoms with Crippen molar-refractivity contribution in [2.24, 2.45) is 0 Å². The summed E-state index contributed by atoms with van der Waals surface area (Å²) in [6.07, 6.45) is -1.39. The average Bonchev–Trinajstić information content (AvgIpc) is 2.23. The summed E-state index contributed by atoms with van der Waals surface area (Å²) in [6, 6.07) is -1.03. The molecule has 0 saturated carbocycles. The van der Waals surface area contributed by atoms with Crippen molar-refractivity contribution in [3.8, 4) is 0 Å². The van der Waals surface area contributed by atoms with Gasteiger partial charge in [-0.25, -0.2) is 4.79 Å². The maximum Gasteiger partial charge on any atom is 0.408 e. The minimum atomic E-state index is -1.22. The molecule has 0 spiro atoms. The summed E-state index contributed by atoms with van der Waals surface area (Å²) in [5.74, 6) is -0.696. The van der Waals surface area contributed by atoms with E-state index in [-0.39, 0.29) is 12.3 Å². The molecule has 0 rings (SSSR count). The highest BCUT2D eigenvalue weighted by Gasteiger charge is 2.39. The molecule has 0 unspecified atom stereocenters. The van der Waals surface area contributed by atoms with Gasteiger partial charge in [-0.3, -0.25) is 14.5 Å². The maximum absolute atomic E-state index is 12.2. The van der Waals surface area contributed by atoms with E-state index < -0.39 is 23.6 Å². The van der Waals surface area contributed by atoms with Crippen LogP contribution in [0.15, 0.2) is 0 Å². The van der Waals surface area contributed by atoms with Gasteiger partial charge in [-0.15, -0.1) is 0 Å². The molecule has 0 aliphatic heterocycles. The van der Waals surface area contributed by atoms with Gasteiger partial charge in [0.05, 0.1) is 6.42 Å². The molecule has 1 N–H and O–H groups in total. The standard InChI is InChI=1S/C13H25N3O4/c1-13(2,3)16(12(19)20)9(11(18)15(6)7)8-10(17)14(4)5/h9H,8H2,1-7H3,(H,19,20)/t9-/m0/s1. The lowest BCUT2D eigenvalue weighted by Gasteiger charge is -2.39. The van der Waals surface area contributed by atoms with Gasteiger partial charge in [-0.05, 0) is 20.8 Å². The molecule has 0 heterocycles. The van der Waals surface area contributed by atoms with E-state index in [1.807, 2.05) is 0 Å². The van der Waals surface area contributed by atoms with E-state index in [4.69, 9.17) is 0 Å². The van der Waals surface area contributed by atoms with Gasteiger partial charge < -0.3 is 14.9 Å². The molecule has 7 nitrogen and oxygen atoms in total. The zero-order valence-corrected chi connectivity index (χ0v) is 13.3. The third-order valence-corrected chi connectivity index (χ3v) is 2.83. The molecule has 0 radical (unpaired) electrons. The number of nitrogens with zero attached hydrogens (tertiary/aromatic N) is 3. The first-order chi connectivity index (χ1) is 8.89. The molecule has 0 fully saturated rings. The van der Waals surface area contributed by atoms with Crippen LogP contribution in [-0.4, -0.2) is 77.5 Å². The Morgan fingerprint density at radius 1 is 1.00 bits per heavy atom. The lowest BCUT2D eigenvalue weighted by atomic mass is 10.0. The summed E-state index contributed by atoms with van der Waals surface area (Å²) in [6.45, 7) is 5.07. The van der Waals surface area contributed by atoms with Crippen molar-refractivity contribution in [3.63, 3.8) is 0 Å². The topological polar surface area (TPSA) is 81.2 Å². The molecule has 0 aromatic rings. The molecule has 0 saturated heterocycles. The van der Waals surface area contributed by atoms with Crippen LogP contribution in [0.2, 0.25) is 0 Å². The van der Waals surface area contributed by atoms with Crippen molar-refractivity contribution in [1.82, 2.24) is 14.7 Å². The van der Waals surface area contributed by atoms with Gasteiger partial charge in [0, 0.05) is 33.7 Å². The predicted molar refractivity (Wildman–Crippen MR) is 75.4 cm³/mol. The Labute approximate surface area is 120 Å². The van der Waals surface area contributed by atoms with E-state index in [2.05, 4.69) is 0 Å². The number of rotatable bonds is 4. The monoisotopic (exact) mass is 287 g/mol. The van der Waals surface area contributed by atoms with Crippen LogP contribution >= 0.6 is 0 Å². The van der Waals surface area contributed by atoms with Crippen LogP contribution in [0, 0.1) is 0 Å². The Balaban J connectivity index is 5.55. The summed E-state index contributed by atoms with van der Waals surface area (Å²) in [7, 11) is 6.22. The van der Waals surface area contributed by atoms with Crippen LogP contribution in [0.5, 0.6) is 0 Å². The van der Waals surface area contributed by atoms with Crippen molar-refractivity contribution >= 4 is 17.9 Å². The van der Waals surface area contributed by atoms with Crippen molar-refractivity contribution in [1.29, 1.82) is 0 Å². The lowest BCUT2D eigenvalue weighted by Crippen LogP contribution is -2.57. The normalized spacial score (nSPS) is 12.6. The maximum atomic E-state index is 12.2. The zero-order valence-electron chi connectivity index (χ0n) is 13.3. The predicted octanol–water partition coefficient (Wildman–Crippen LogP) is 0.700. The molecule has 0 aliphatic carbocycles. The molecule has 20 heavy (non-hydrogen) atoms. The van der Waals surface area contributed by atoms with Gasteiger partial charge in [-0.1, -0.05) is 0 Å². The third kappa shape index (κ3) is 4.71. The minimum Gasteiger partial charge on any atom is -0.465 e. The average molecular weight is 287 g/mol. The van der Waals surface area contributed by atoms with E-state index in [0.717, 1.165) is 4.90 Å². The Morgan fingerprint density at radius 3 is 1.70 bits per heavy atom. The van der Waals surface area contributed by atoms with Crippen molar-refractivity contribution in [2.45, 2.75) is 38.8 Å². The zero-order chi connectivity index (χ0) is 16.2. The largest absolute Gasteiger partial charge is 0.465 e. The van der Waals surface area contributed by atoms with Gasteiger partial charge in [0.25, 0.3) is 0 Å². The minimum absolute atomic E-state index is 0.173. The molecule has 0 aromatic heterocycles. The Kier molecular flexibility index (Phi) is 5.99. The SMILES string of the molecule is CN(C)C(=O)C[C@@H](C(=O)N(C)C)N(C(=O)O)C(C)(C)C. The Bertz CT molecular complexity index is 386. The molecule has 0 aromatic carbocycles. The van der Waals surface area contributed by atoms with Crippen LogP contribution in [0.1, 0.15) is 27.2 Å². The fraction of sp³-hybridized carbons (Fsp3) is 0.769. The molecule has 116 valence electrons. The highest BCUT2D eigenvalue weighted by molar-refractivity contribution is 5.90. The van der Waals surface area contributed by atoms with E-state index >= 15 is 0 Å². The van der Waals surface area contributed by atoms with E-state index in [1.54, 1.807) is 34.9 Å². The number of carboxylic acid groups (broad SMARTS) is 1. The fourth-order valence-corrected chi connectivity index (χ4v) is 1.82. The van der Waals surface area contributed by atoms with Crippen LogP contribution in [-0.2, 0) is 9.59 Å². The van der Waals surface area contributed by atoms with Crippen molar-refractivity contribution in [2.75, 3.05) is 28.2 Å². The second-order valence-corrected chi connectivity index (χ2v) is 6.06. The number of carbonyl (C=O) groups is 3. The van der Waals surface area contributed by atoms with Gasteiger partial charge in [0.15, 0.2) is 0 Å². The third-order valence-electron chi connectivity index (χ3n) is 2.83. The number of hydrogen-bond acceptors (Lipinski definition) is 3. The van der Waals surface area contributed by atoms with Crippen LogP contribution in [0.4, 0.5) is 4.79 Å². The first-order valence-electron chi connectivity index (χ1n) is 6.33. The van der Waals surface area contributed by atoms with Gasteiger partial charge in [0.2, 0.25) is 11.8 Å². The van der Waals surface area contributed by atoms with Crippen LogP contribution in [0.25, 0.3) is 0 Å². The van der Waals surface area contributed by atoms with Gasteiger partial charge >= 0.3 is 6.09 Å². The van der Waals surface area contributed by atoms with Crippen molar-refractivity contribution < 1.29 is 19.5 Å². The number of carbonyl (C=O) groups excluding carboxylic acids is 2. The summed E-state index contributed by atoms with van der Waals surface area (Å²) < 4.78 is 0. The molecule has 0 aliphatic rings. The summed E-state index contributed by atoms with van der Waals surface area (Å²) in [5.41, 5.74) is -0.783. The number of hydrogen-bond donors (Lipinski definition) is 1. The molecule has 0 bridgehead atoms. The number of amides is 3. The summed E-state index contributed by atoms with van der Waals surface area (Å²) >= 11 is 0. The van der Waals surface area contributed by atoms with Crippen LogP contribution in [0.3, 0.4) is 0 Å². The van der Waals surface area contributed by atoms with E-state index in [9.17, 15) is 19.5 Å². The highest BCUT2D eigenvalue weighted by atomic mass is 16.4.